The molecular formula is C30H34FN5O4S. The Kier molecular flexibility index (Phi) is 9.25. The molecule has 216 valence electrons. The molecule has 0 saturated carbocycles. The molecule has 2 aromatic heterocycles. The van der Waals surface area contributed by atoms with E-state index in [1.807, 2.05) is 23.9 Å². The molecule has 41 heavy (non-hydrogen) atoms. The van der Waals surface area contributed by atoms with Gasteiger partial charge in [0.15, 0.2) is 23.2 Å². The summed E-state index contributed by atoms with van der Waals surface area (Å²) in [5.74, 6) is 3.43. The van der Waals surface area contributed by atoms with Crippen molar-refractivity contribution in [1.29, 1.82) is 0 Å². The van der Waals surface area contributed by atoms with E-state index in [-0.39, 0.29) is 17.8 Å². The molecule has 2 aromatic carbocycles. The number of aryl methyl sites for hydroxylation is 1. The maximum atomic E-state index is 15.0. The third-order valence-corrected chi connectivity index (χ3v) is 7.47. The minimum Gasteiger partial charge on any atom is -0.497 e. The summed E-state index contributed by atoms with van der Waals surface area (Å²) in [6.07, 6.45) is 5.52. The molecule has 1 fully saturated rings. The van der Waals surface area contributed by atoms with Crippen molar-refractivity contribution in [2.45, 2.75) is 25.9 Å². The largest absolute Gasteiger partial charge is 0.497 e. The van der Waals surface area contributed by atoms with E-state index in [0.717, 1.165) is 43.8 Å². The van der Waals surface area contributed by atoms with Gasteiger partial charge in [0.1, 0.15) is 29.0 Å². The number of ether oxygens (including phenoxy) is 3. The second-order valence-corrected chi connectivity index (χ2v) is 10.7. The SMILES string of the molecule is COc1cc(OC)cc(-c2nc(C)oc2-c2ccnc(Nc3ccc(OC4CCN(CCSC)CC4)c(F)c3)n2)c1. The fourth-order valence-corrected chi connectivity index (χ4v) is 5.18. The predicted octanol–water partition coefficient (Wildman–Crippen LogP) is 6.21. The summed E-state index contributed by atoms with van der Waals surface area (Å²) in [5, 5.41) is 3.09. The van der Waals surface area contributed by atoms with Gasteiger partial charge >= 0.3 is 0 Å². The minimum absolute atomic E-state index is 0.0120. The van der Waals surface area contributed by atoms with E-state index >= 15 is 0 Å². The van der Waals surface area contributed by atoms with Gasteiger partial charge in [0, 0.05) is 61.9 Å². The van der Waals surface area contributed by atoms with Gasteiger partial charge in [-0.25, -0.2) is 19.3 Å². The number of benzene rings is 2. The summed E-state index contributed by atoms with van der Waals surface area (Å²) in [6, 6.07) is 12.0. The van der Waals surface area contributed by atoms with Crippen LogP contribution in [-0.2, 0) is 0 Å². The van der Waals surface area contributed by atoms with Gasteiger partial charge in [-0.3, -0.25) is 0 Å². The van der Waals surface area contributed by atoms with E-state index in [0.29, 0.717) is 40.2 Å². The van der Waals surface area contributed by atoms with Crippen molar-refractivity contribution >= 4 is 23.4 Å². The van der Waals surface area contributed by atoms with Gasteiger partial charge < -0.3 is 28.8 Å². The Morgan fingerprint density at radius 3 is 2.49 bits per heavy atom. The third-order valence-electron chi connectivity index (χ3n) is 6.88. The van der Waals surface area contributed by atoms with Gasteiger partial charge in [0.05, 0.1) is 14.2 Å². The topological polar surface area (TPSA) is 94.8 Å². The Morgan fingerprint density at radius 2 is 1.80 bits per heavy atom. The van der Waals surface area contributed by atoms with Crippen LogP contribution < -0.4 is 19.5 Å². The molecule has 0 amide bonds. The second-order valence-electron chi connectivity index (χ2n) is 9.70. The monoisotopic (exact) mass is 579 g/mol. The lowest BCUT2D eigenvalue weighted by atomic mass is 10.1. The molecule has 1 aliphatic rings. The van der Waals surface area contributed by atoms with E-state index in [4.69, 9.17) is 18.6 Å². The van der Waals surface area contributed by atoms with Gasteiger partial charge in [-0.05, 0) is 49.4 Å². The molecule has 0 radical (unpaired) electrons. The molecule has 5 rings (SSSR count). The van der Waals surface area contributed by atoms with Crippen LogP contribution in [-0.4, -0.2) is 71.8 Å². The summed E-state index contributed by atoms with van der Waals surface area (Å²) in [7, 11) is 3.18. The van der Waals surface area contributed by atoms with Crippen molar-refractivity contribution < 1.29 is 23.0 Å². The third kappa shape index (κ3) is 7.09. The molecule has 11 heteroatoms. The van der Waals surface area contributed by atoms with Crippen molar-refractivity contribution in [3.63, 3.8) is 0 Å². The van der Waals surface area contributed by atoms with Crippen LogP contribution in [0, 0.1) is 12.7 Å². The molecule has 0 bridgehead atoms. The summed E-state index contributed by atoms with van der Waals surface area (Å²) < 4.78 is 37.8. The van der Waals surface area contributed by atoms with Gasteiger partial charge in [-0.2, -0.15) is 11.8 Å². The second kappa shape index (κ2) is 13.2. The zero-order chi connectivity index (χ0) is 28.8. The number of rotatable bonds is 11. The molecule has 1 saturated heterocycles. The Balaban J connectivity index is 1.30. The van der Waals surface area contributed by atoms with Crippen LogP contribution in [0.1, 0.15) is 18.7 Å². The van der Waals surface area contributed by atoms with E-state index < -0.39 is 5.82 Å². The number of piperidine rings is 1. The van der Waals surface area contributed by atoms with Gasteiger partial charge in [-0.1, -0.05) is 0 Å². The Morgan fingerprint density at radius 1 is 1.05 bits per heavy atom. The van der Waals surface area contributed by atoms with Crippen molar-refractivity contribution in [3.05, 3.63) is 60.4 Å². The van der Waals surface area contributed by atoms with E-state index in [1.165, 1.54) is 6.07 Å². The zero-order valence-corrected chi connectivity index (χ0v) is 24.5. The van der Waals surface area contributed by atoms with E-state index in [9.17, 15) is 4.39 Å². The number of likely N-dealkylation sites (tertiary alicyclic amines) is 1. The van der Waals surface area contributed by atoms with E-state index in [1.54, 1.807) is 51.6 Å². The summed E-state index contributed by atoms with van der Waals surface area (Å²) in [4.78, 5) is 15.9. The summed E-state index contributed by atoms with van der Waals surface area (Å²) in [6.45, 7) is 4.79. The van der Waals surface area contributed by atoms with Crippen LogP contribution in [0.25, 0.3) is 22.7 Å². The average molecular weight is 580 g/mol. The van der Waals surface area contributed by atoms with Crippen molar-refractivity contribution in [2.75, 3.05) is 51.2 Å². The first-order valence-corrected chi connectivity index (χ1v) is 14.8. The Hall–Kier alpha value is -3.83. The average Bonchev–Trinajstić information content (AvgIpc) is 3.39. The highest BCUT2D eigenvalue weighted by Gasteiger charge is 2.22. The maximum absolute atomic E-state index is 15.0. The van der Waals surface area contributed by atoms with Crippen LogP contribution in [0.5, 0.6) is 17.2 Å². The molecule has 0 spiro atoms. The molecule has 4 aromatic rings. The summed E-state index contributed by atoms with van der Waals surface area (Å²) in [5.41, 5.74) is 2.37. The first-order chi connectivity index (χ1) is 19.9. The molecule has 0 aliphatic carbocycles. The highest BCUT2D eigenvalue weighted by Crippen LogP contribution is 2.36. The number of hydrogen-bond donors (Lipinski definition) is 1. The van der Waals surface area contributed by atoms with Crippen molar-refractivity contribution in [2.24, 2.45) is 0 Å². The number of thioether (sulfide) groups is 1. The molecule has 1 N–H and O–H groups in total. The van der Waals surface area contributed by atoms with Crippen molar-refractivity contribution in [1.82, 2.24) is 19.9 Å². The highest BCUT2D eigenvalue weighted by atomic mass is 32.2. The molecule has 9 nitrogen and oxygen atoms in total. The lowest BCUT2D eigenvalue weighted by molar-refractivity contribution is 0.101. The normalized spacial score (nSPS) is 14.2. The van der Waals surface area contributed by atoms with Crippen LogP contribution >= 0.6 is 11.8 Å². The number of anilines is 2. The maximum Gasteiger partial charge on any atom is 0.227 e. The fraction of sp³-hybridized carbons (Fsp3) is 0.367. The van der Waals surface area contributed by atoms with Crippen LogP contribution in [0.4, 0.5) is 16.0 Å². The lowest BCUT2D eigenvalue weighted by Gasteiger charge is -2.32. The summed E-state index contributed by atoms with van der Waals surface area (Å²) >= 11 is 1.85. The fourth-order valence-electron chi connectivity index (χ4n) is 4.74. The highest BCUT2D eigenvalue weighted by molar-refractivity contribution is 7.98. The standard InChI is InChI=1S/C30H34FN5O4S/c1-19-33-28(20-15-23(37-2)18-24(16-20)38-3)29(39-19)26-7-10-32-30(35-26)34-21-5-6-27(25(31)17-21)40-22-8-11-36(12-9-22)13-14-41-4/h5-7,10,15-18,22H,8-9,11-14H2,1-4H3,(H,32,34,35). The van der Waals surface area contributed by atoms with Gasteiger partial charge in [0.25, 0.3) is 0 Å². The smallest absolute Gasteiger partial charge is 0.227 e. The number of nitrogens with zero attached hydrogens (tertiary/aromatic N) is 4. The Labute approximate surface area is 243 Å². The molecular weight excluding hydrogens is 545 g/mol. The molecule has 0 atom stereocenters. The Bertz CT molecular complexity index is 1450. The predicted molar refractivity (Wildman–Crippen MR) is 159 cm³/mol. The van der Waals surface area contributed by atoms with Crippen molar-refractivity contribution in [3.8, 4) is 40.0 Å². The quantitative estimate of drug-likeness (QED) is 0.221. The van der Waals surface area contributed by atoms with E-state index in [2.05, 4.69) is 31.4 Å². The zero-order valence-electron chi connectivity index (χ0n) is 23.6. The van der Waals surface area contributed by atoms with Crippen LogP contribution in [0.3, 0.4) is 0 Å². The van der Waals surface area contributed by atoms with Crippen LogP contribution in [0.2, 0.25) is 0 Å². The first kappa shape index (κ1) is 28.7. The first-order valence-electron chi connectivity index (χ1n) is 13.4. The molecule has 0 unspecified atom stereocenters. The van der Waals surface area contributed by atoms with Crippen LogP contribution in [0.15, 0.2) is 53.1 Å². The number of methoxy groups -OCH3 is 2. The number of nitrogens with one attached hydrogen (secondary N) is 1. The number of oxazole rings is 1. The number of halogens is 1. The molecule has 3 heterocycles. The minimum atomic E-state index is -0.434. The van der Waals surface area contributed by atoms with Gasteiger partial charge in [0.2, 0.25) is 5.95 Å². The van der Waals surface area contributed by atoms with Gasteiger partial charge in [-0.15, -0.1) is 0 Å². The number of aromatic nitrogens is 3. The lowest BCUT2D eigenvalue weighted by Crippen LogP contribution is -2.39. The number of hydrogen-bond acceptors (Lipinski definition) is 10. The molecule has 1 aliphatic heterocycles.